The molecule has 38 heavy (non-hydrogen) atoms. The number of nitrogens with zero attached hydrogens (tertiary/aromatic N) is 1. The lowest BCUT2D eigenvalue weighted by atomic mass is 9.88. The molecule has 11 atom stereocenters. The van der Waals surface area contributed by atoms with Crippen molar-refractivity contribution in [2.45, 2.75) is 73.6 Å². The Morgan fingerprint density at radius 1 is 1.29 bits per heavy atom. The fraction of sp³-hybridized carbons (Fsp3) is 0.789. The Labute approximate surface area is 218 Å². The van der Waals surface area contributed by atoms with Crippen LogP contribution in [0.4, 0.5) is 0 Å². The highest BCUT2D eigenvalue weighted by molar-refractivity contribution is 7.26. The highest BCUT2D eigenvalue weighted by Crippen LogP contribution is 2.38. The zero-order valence-electron chi connectivity index (χ0n) is 20.0. The van der Waals surface area contributed by atoms with Crippen LogP contribution < -0.4 is 16.8 Å². The van der Waals surface area contributed by atoms with Crippen LogP contribution in [0.1, 0.15) is 12.8 Å². The number of ether oxygens (including phenoxy) is 2. The molecule has 0 radical (unpaired) electrons. The second-order valence-electron chi connectivity index (χ2n) is 8.55. The Bertz CT molecular complexity index is 856. The van der Waals surface area contributed by atoms with Gasteiger partial charge in [0.2, 0.25) is 5.91 Å². The van der Waals surface area contributed by atoms with Gasteiger partial charge in [0.15, 0.2) is 15.3 Å². The summed E-state index contributed by atoms with van der Waals surface area (Å²) in [4.78, 5) is 27.8. The fourth-order valence-corrected chi connectivity index (χ4v) is 4.34. The van der Waals surface area contributed by atoms with Crippen LogP contribution in [0.3, 0.4) is 0 Å². The summed E-state index contributed by atoms with van der Waals surface area (Å²) in [5.74, 6) is -5.30. The molecule has 1 amide bonds. The van der Waals surface area contributed by atoms with E-state index in [1.165, 1.54) is 6.21 Å². The topological polar surface area (TPSA) is 313 Å². The smallest absolute Gasteiger partial charge is 0.364 e. The number of aliphatic imine (C=N–C) groups is 1. The number of amidine groups is 1. The summed E-state index contributed by atoms with van der Waals surface area (Å²) in [5.41, 5.74) is 10.5. The Balaban J connectivity index is 2.06. The van der Waals surface area contributed by atoms with E-state index in [0.29, 0.717) is 0 Å². The zero-order valence-corrected chi connectivity index (χ0v) is 21.0. The fourth-order valence-electron chi connectivity index (χ4n) is 3.70. The van der Waals surface area contributed by atoms with E-state index in [-0.39, 0.29) is 12.3 Å². The van der Waals surface area contributed by atoms with Crippen molar-refractivity contribution in [3.63, 3.8) is 0 Å². The quantitative estimate of drug-likeness (QED) is 0.0401. The number of amides is 1. The van der Waals surface area contributed by atoms with E-state index in [1.807, 2.05) is 0 Å². The molecule has 0 saturated carbocycles. The second kappa shape index (κ2) is 14.5. The zero-order chi connectivity index (χ0) is 28.6. The van der Waals surface area contributed by atoms with Crippen LogP contribution in [-0.4, -0.2) is 140 Å². The van der Waals surface area contributed by atoms with Crippen molar-refractivity contribution in [3.8, 4) is 0 Å². The Kier molecular flexibility index (Phi) is 12.3. The number of aliphatic carboxylic acids is 1. The molecule has 218 valence electrons. The Hall–Kier alpha value is -1.93. The summed E-state index contributed by atoms with van der Waals surface area (Å²) in [7, 11) is -1.09. The molecule has 2 saturated heterocycles. The van der Waals surface area contributed by atoms with E-state index in [0.717, 1.165) is 0 Å². The lowest BCUT2D eigenvalue weighted by Gasteiger charge is -2.46. The van der Waals surface area contributed by atoms with Gasteiger partial charge in [-0.25, -0.2) is 4.79 Å². The van der Waals surface area contributed by atoms with Crippen molar-refractivity contribution < 1.29 is 63.9 Å². The molecule has 2 heterocycles. The maximum absolute atomic E-state index is 12.1. The van der Waals surface area contributed by atoms with Gasteiger partial charge < -0.3 is 66.5 Å². The first kappa shape index (κ1) is 32.3. The van der Waals surface area contributed by atoms with Crippen molar-refractivity contribution >= 4 is 33.0 Å². The number of aliphatic hydroxyl groups is 6. The van der Waals surface area contributed by atoms with Crippen LogP contribution >= 0.6 is 9.03 Å². The van der Waals surface area contributed by atoms with Crippen LogP contribution in [0.5, 0.6) is 0 Å². The lowest BCUT2D eigenvalue weighted by molar-refractivity contribution is -0.283. The molecular weight excluding hydrogens is 537 g/mol. The molecule has 0 spiro atoms. The normalized spacial score (nSPS) is 35.5. The predicted octanol–water partition coefficient (Wildman–Crippen LogP) is -5.54. The average Bonchev–Trinajstić information content (AvgIpc) is 3.14. The molecular formula is C19H34N5O13P. The number of nitrogens with one attached hydrogen (secondary N) is 2. The standard InChI is InChI=1S/C19H34N5O13P/c20-4-11(28)24-12-7(26)3-19(18(32)33,36-16(12)13(29)8(27)5-25)37-38-34-6-9-14(30)15(31)17(35-9)23-2-1-10(21)22/h2,7-9,12-17,25-27,29-31,38H,1,3-6,20H2,(H3,21,22)(H,24,28)(H,32,33). The summed E-state index contributed by atoms with van der Waals surface area (Å²) < 4.78 is 21.4. The van der Waals surface area contributed by atoms with Gasteiger partial charge in [-0.2, -0.15) is 0 Å². The van der Waals surface area contributed by atoms with Crippen LogP contribution in [0, 0.1) is 5.41 Å². The number of carbonyl (C=O) groups is 2. The highest BCUT2D eigenvalue weighted by Gasteiger charge is 2.56. The molecule has 0 aromatic rings. The monoisotopic (exact) mass is 571 g/mol. The minimum atomic E-state index is -2.61. The summed E-state index contributed by atoms with van der Waals surface area (Å²) in [6, 6.07) is -1.42. The minimum Gasteiger partial charge on any atom is -0.477 e. The second-order valence-corrected chi connectivity index (χ2v) is 9.21. The van der Waals surface area contributed by atoms with E-state index in [1.54, 1.807) is 0 Å². The van der Waals surface area contributed by atoms with E-state index in [9.17, 15) is 45.3 Å². The average molecular weight is 571 g/mol. The largest absolute Gasteiger partial charge is 0.477 e. The van der Waals surface area contributed by atoms with Gasteiger partial charge in [-0.05, 0) is 0 Å². The molecule has 19 heteroatoms. The molecule has 2 aliphatic heterocycles. The van der Waals surface area contributed by atoms with E-state index >= 15 is 0 Å². The molecule has 18 nitrogen and oxygen atoms in total. The molecule has 0 aliphatic carbocycles. The van der Waals surface area contributed by atoms with E-state index in [2.05, 4.69) is 10.3 Å². The van der Waals surface area contributed by atoms with Crippen LogP contribution in [-0.2, 0) is 28.1 Å². The first-order valence-corrected chi connectivity index (χ1v) is 12.1. The van der Waals surface area contributed by atoms with E-state index < -0.39 is 108 Å². The van der Waals surface area contributed by atoms with Crippen molar-refractivity contribution in [1.29, 1.82) is 5.41 Å². The third-order valence-corrected chi connectivity index (χ3v) is 6.44. The number of nitrogens with two attached hydrogens (primary N) is 2. The number of aliphatic hydroxyl groups excluding tert-OH is 6. The van der Waals surface area contributed by atoms with Gasteiger partial charge >= 0.3 is 5.97 Å². The molecule has 13 N–H and O–H groups in total. The third kappa shape index (κ3) is 8.04. The van der Waals surface area contributed by atoms with Gasteiger partial charge in [0.25, 0.3) is 5.79 Å². The number of hydrogen-bond donors (Lipinski definition) is 11. The molecule has 0 bridgehead atoms. The molecule has 11 unspecified atom stereocenters. The minimum absolute atomic E-state index is 0.00394. The molecule has 2 fully saturated rings. The maximum Gasteiger partial charge on any atom is 0.364 e. The summed E-state index contributed by atoms with van der Waals surface area (Å²) in [6.45, 7) is -1.84. The molecule has 2 aliphatic rings. The van der Waals surface area contributed by atoms with Crippen LogP contribution in [0.15, 0.2) is 4.99 Å². The van der Waals surface area contributed by atoms with Gasteiger partial charge in [0.05, 0.1) is 37.7 Å². The number of hydrogen-bond acceptors (Lipinski definition) is 15. The number of carbonyl (C=O) groups excluding carboxylic acids is 1. The Morgan fingerprint density at radius 3 is 2.55 bits per heavy atom. The van der Waals surface area contributed by atoms with E-state index in [4.69, 9.17) is 35.4 Å². The molecule has 0 aromatic carbocycles. The first-order valence-electron chi connectivity index (χ1n) is 11.3. The summed E-state index contributed by atoms with van der Waals surface area (Å²) in [6.07, 6.45) is -11.8. The van der Waals surface area contributed by atoms with Crippen molar-refractivity contribution in [2.24, 2.45) is 16.5 Å². The van der Waals surface area contributed by atoms with Gasteiger partial charge in [-0.15, -0.1) is 0 Å². The summed E-state index contributed by atoms with van der Waals surface area (Å²) >= 11 is 0. The van der Waals surface area contributed by atoms with Gasteiger partial charge in [0, 0.05) is 19.1 Å². The van der Waals surface area contributed by atoms with Crippen LogP contribution in [0.25, 0.3) is 0 Å². The number of carboxylic acid groups (broad SMARTS) is 1. The SMILES string of the molecule is N=C(N)CC=NC1OC(COPOC2(C(=O)O)CC(O)C(NC(=O)CN)C(C(O)C(O)CO)O2)C(O)C1O. The predicted molar refractivity (Wildman–Crippen MR) is 127 cm³/mol. The highest BCUT2D eigenvalue weighted by atomic mass is 31.1. The van der Waals surface area contributed by atoms with Crippen molar-refractivity contribution in [1.82, 2.24) is 5.32 Å². The van der Waals surface area contributed by atoms with Gasteiger partial charge in [-0.3, -0.25) is 19.7 Å². The Morgan fingerprint density at radius 2 is 1.97 bits per heavy atom. The third-order valence-electron chi connectivity index (χ3n) is 5.74. The van der Waals surface area contributed by atoms with Crippen molar-refractivity contribution in [2.75, 3.05) is 19.8 Å². The molecule has 2 rings (SSSR count). The van der Waals surface area contributed by atoms with Crippen molar-refractivity contribution in [3.05, 3.63) is 0 Å². The molecule has 0 aromatic heterocycles. The number of rotatable bonds is 14. The maximum atomic E-state index is 12.1. The van der Waals surface area contributed by atoms with Crippen LogP contribution in [0.2, 0.25) is 0 Å². The lowest BCUT2D eigenvalue weighted by Crippen LogP contribution is -2.68. The van der Waals surface area contributed by atoms with Gasteiger partial charge in [0.1, 0.15) is 36.6 Å². The summed E-state index contributed by atoms with van der Waals surface area (Å²) in [5, 5.41) is 79.5. The van der Waals surface area contributed by atoms with Gasteiger partial charge in [-0.1, -0.05) is 0 Å². The number of carboxylic acids is 1. The first-order chi connectivity index (χ1) is 17.9.